The molecule has 1 unspecified atom stereocenters. The normalized spacial score (nSPS) is 12.2. The molecule has 1 N–H and O–H groups in total. The van der Waals surface area contributed by atoms with Crippen molar-refractivity contribution in [1.82, 2.24) is 4.98 Å². The van der Waals surface area contributed by atoms with Crippen LogP contribution in [0.4, 0.5) is 5.13 Å². The summed E-state index contributed by atoms with van der Waals surface area (Å²) in [5, 5.41) is 4.04. The summed E-state index contributed by atoms with van der Waals surface area (Å²) >= 11 is 7.39. The van der Waals surface area contributed by atoms with Crippen LogP contribution in [0.15, 0.2) is 36.4 Å². The standard InChI is InChI=1S/C18H17ClN2O2S/c1-10-5-4-6-15-16(10)20-18(24-15)21-17(22)12(3)23-14-8-7-13(19)9-11(14)2/h4-9,12H,1-3H3,(H,20,21,22). The number of ether oxygens (including phenoxy) is 1. The third kappa shape index (κ3) is 3.52. The Morgan fingerprint density at radius 3 is 2.75 bits per heavy atom. The second-order valence-electron chi connectivity index (χ2n) is 5.60. The van der Waals surface area contributed by atoms with Gasteiger partial charge in [0, 0.05) is 5.02 Å². The van der Waals surface area contributed by atoms with Gasteiger partial charge in [-0.15, -0.1) is 0 Å². The molecule has 4 nitrogen and oxygen atoms in total. The van der Waals surface area contributed by atoms with E-state index in [-0.39, 0.29) is 5.91 Å². The highest BCUT2D eigenvalue weighted by molar-refractivity contribution is 7.22. The number of aryl methyl sites for hydroxylation is 2. The van der Waals surface area contributed by atoms with Gasteiger partial charge in [-0.25, -0.2) is 4.98 Å². The lowest BCUT2D eigenvalue weighted by atomic mass is 10.2. The number of aromatic nitrogens is 1. The quantitative estimate of drug-likeness (QED) is 0.714. The Morgan fingerprint density at radius 2 is 2.04 bits per heavy atom. The molecule has 6 heteroatoms. The van der Waals surface area contributed by atoms with Crippen LogP contribution in [0.3, 0.4) is 0 Å². The molecule has 0 spiro atoms. The molecule has 124 valence electrons. The van der Waals surface area contributed by atoms with E-state index in [1.807, 2.05) is 32.0 Å². The van der Waals surface area contributed by atoms with Gasteiger partial charge in [-0.1, -0.05) is 35.1 Å². The van der Waals surface area contributed by atoms with Crippen LogP contribution in [-0.2, 0) is 4.79 Å². The molecule has 0 saturated heterocycles. The summed E-state index contributed by atoms with van der Waals surface area (Å²) in [4.78, 5) is 16.8. The maximum atomic E-state index is 12.4. The number of thiazole rings is 1. The summed E-state index contributed by atoms with van der Waals surface area (Å²) in [6.07, 6.45) is -0.641. The van der Waals surface area contributed by atoms with Crippen LogP contribution in [0, 0.1) is 13.8 Å². The van der Waals surface area contributed by atoms with Crippen molar-refractivity contribution in [3.63, 3.8) is 0 Å². The first-order valence-corrected chi connectivity index (χ1v) is 8.73. The fourth-order valence-corrected chi connectivity index (χ4v) is 3.51. The van der Waals surface area contributed by atoms with E-state index in [1.165, 1.54) is 11.3 Å². The van der Waals surface area contributed by atoms with E-state index in [9.17, 15) is 4.79 Å². The number of benzene rings is 2. The minimum absolute atomic E-state index is 0.235. The van der Waals surface area contributed by atoms with Crippen LogP contribution in [0.1, 0.15) is 18.1 Å². The first-order valence-electron chi connectivity index (χ1n) is 7.54. The Bertz CT molecular complexity index is 907. The lowest BCUT2D eigenvalue weighted by Gasteiger charge is -2.15. The van der Waals surface area contributed by atoms with E-state index < -0.39 is 6.10 Å². The number of fused-ring (bicyclic) bond motifs is 1. The summed E-state index contributed by atoms with van der Waals surface area (Å²) in [5.74, 6) is 0.406. The second-order valence-corrected chi connectivity index (χ2v) is 7.07. The third-order valence-electron chi connectivity index (χ3n) is 3.66. The molecule has 2 aromatic carbocycles. The number of hydrogen-bond acceptors (Lipinski definition) is 4. The molecule has 24 heavy (non-hydrogen) atoms. The Morgan fingerprint density at radius 1 is 1.25 bits per heavy atom. The summed E-state index contributed by atoms with van der Waals surface area (Å²) in [6, 6.07) is 11.3. The predicted octanol–water partition coefficient (Wildman–Crippen LogP) is 4.97. The number of carbonyl (C=O) groups excluding carboxylic acids is 1. The van der Waals surface area contributed by atoms with E-state index in [2.05, 4.69) is 10.3 Å². The number of halogens is 1. The summed E-state index contributed by atoms with van der Waals surface area (Å²) < 4.78 is 6.79. The number of amides is 1. The fraction of sp³-hybridized carbons (Fsp3) is 0.222. The van der Waals surface area contributed by atoms with Gasteiger partial charge in [0.15, 0.2) is 11.2 Å². The van der Waals surface area contributed by atoms with Gasteiger partial charge in [0.1, 0.15) is 5.75 Å². The molecule has 0 aliphatic heterocycles. The van der Waals surface area contributed by atoms with E-state index in [4.69, 9.17) is 16.3 Å². The van der Waals surface area contributed by atoms with Gasteiger partial charge in [-0.05, 0) is 56.2 Å². The lowest BCUT2D eigenvalue weighted by Crippen LogP contribution is -2.30. The molecule has 0 aliphatic rings. The number of rotatable bonds is 4. The van der Waals surface area contributed by atoms with Crippen LogP contribution in [0.2, 0.25) is 5.02 Å². The van der Waals surface area contributed by atoms with Gasteiger partial charge in [-0.3, -0.25) is 10.1 Å². The summed E-state index contributed by atoms with van der Waals surface area (Å²) in [6.45, 7) is 5.60. The highest BCUT2D eigenvalue weighted by Gasteiger charge is 2.18. The zero-order valence-electron chi connectivity index (χ0n) is 13.6. The van der Waals surface area contributed by atoms with Gasteiger partial charge in [-0.2, -0.15) is 0 Å². The molecule has 0 bridgehead atoms. The van der Waals surface area contributed by atoms with E-state index in [0.717, 1.165) is 21.3 Å². The average molecular weight is 361 g/mol. The lowest BCUT2D eigenvalue weighted by molar-refractivity contribution is -0.122. The largest absolute Gasteiger partial charge is 0.481 e. The third-order valence-corrected chi connectivity index (χ3v) is 4.83. The van der Waals surface area contributed by atoms with Crippen LogP contribution in [0.25, 0.3) is 10.2 Å². The molecule has 1 heterocycles. The molecule has 0 aliphatic carbocycles. The van der Waals surface area contributed by atoms with Gasteiger partial charge in [0.05, 0.1) is 10.2 Å². The minimum atomic E-state index is -0.641. The van der Waals surface area contributed by atoms with Crippen molar-refractivity contribution in [2.45, 2.75) is 26.9 Å². The number of carbonyl (C=O) groups is 1. The zero-order valence-corrected chi connectivity index (χ0v) is 15.2. The van der Waals surface area contributed by atoms with Crippen molar-refractivity contribution in [3.8, 4) is 5.75 Å². The topological polar surface area (TPSA) is 51.2 Å². The molecular formula is C18H17ClN2O2S. The highest BCUT2D eigenvalue weighted by atomic mass is 35.5. The monoisotopic (exact) mass is 360 g/mol. The Labute approximate surface area is 149 Å². The van der Waals surface area contributed by atoms with Crippen LogP contribution < -0.4 is 10.1 Å². The van der Waals surface area contributed by atoms with Crippen LogP contribution >= 0.6 is 22.9 Å². The van der Waals surface area contributed by atoms with Crippen molar-refractivity contribution >= 4 is 44.2 Å². The number of anilines is 1. The summed E-state index contributed by atoms with van der Waals surface area (Å²) in [5.41, 5.74) is 2.89. The molecule has 0 radical (unpaired) electrons. The maximum Gasteiger partial charge on any atom is 0.266 e. The van der Waals surface area contributed by atoms with E-state index in [0.29, 0.717) is 15.9 Å². The number of para-hydroxylation sites is 1. The van der Waals surface area contributed by atoms with Crippen LogP contribution in [-0.4, -0.2) is 17.0 Å². The fourth-order valence-electron chi connectivity index (χ4n) is 2.34. The number of nitrogens with one attached hydrogen (secondary N) is 1. The van der Waals surface area contributed by atoms with E-state index in [1.54, 1.807) is 25.1 Å². The molecule has 1 amide bonds. The first-order chi connectivity index (χ1) is 11.4. The smallest absolute Gasteiger partial charge is 0.266 e. The van der Waals surface area contributed by atoms with Gasteiger partial charge in [0.2, 0.25) is 0 Å². The zero-order chi connectivity index (χ0) is 17.3. The molecular weight excluding hydrogens is 344 g/mol. The number of nitrogens with zero attached hydrogens (tertiary/aromatic N) is 1. The second kappa shape index (κ2) is 6.79. The van der Waals surface area contributed by atoms with Crippen molar-refractivity contribution in [1.29, 1.82) is 0 Å². The molecule has 3 aromatic rings. The van der Waals surface area contributed by atoms with Gasteiger partial charge in [0.25, 0.3) is 5.91 Å². The SMILES string of the molecule is Cc1cc(Cl)ccc1OC(C)C(=O)Nc1nc2c(C)cccc2s1. The first kappa shape index (κ1) is 16.7. The van der Waals surface area contributed by atoms with Crippen molar-refractivity contribution < 1.29 is 9.53 Å². The van der Waals surface area contributed by atoms with E-state index >= 15 is 0 Å². The Kier molecular flexibility index (Phi) is 4.73. The molecule has 0 saturated carbocycles. The molecule has 3 rings (SSSR count). The summed E-state index contributed by atoms with van der Waals surface area (Å²) in [7, 11) is 0. The van der Waals surface area contributed by atoms with Gasteiger partial charge >= 0.3 is 0 Å². The van der Waals surface area contributed by atoms with Gasteiger partial charge < -0.3 is 4.74 Å². The predicted molar refractivity (Wildman–Crippen MR) is 99.3 cm³/mol. The van der Waals surface area contributed by atoms with Crippen LogP contribution in [0.5, 0.6) is 5.75 Å². The van der Waals surface area contributed by atoms with Crippen molar-refractivity contribution in [2.75, 3.05) is 5.32 Å². The molecule has 1 aromatic heterocycles. The Hall–Kier alpha value is -2.11. The molecule has 0 fully saturated rings. The maximum absolute atomic E-state index is 12.4. The van der Waals surface area contributed by atoms with Crippen molar-refractivity contribution in [3.05, 3.63) is 52.5 Å². The highest BCUT2D eigenvalue weighted by Crippen LogP contribution is 2.28. The number of hydrogen-bond donors (Lipinski definition) is 1. The average Bonchev–Trinajstić information content (AvgIpc) is 2.94. The Balaban J connectivity index is 1.72. The molecule has 1 atom stereocenters. The van der Waals surface area contributed by atoms with Crippen molar-refractivity contribution in [2.24, 2.45) is 0 Å². The minimum Gasteiger partial charge on any atom is -0.481 e.